The first-order valence-corrected chi connectivity index (χ1v) is 6.99. The molecule has 0 radical (unpaired) electrons. The highest BCUT2D eigenvalue weighted by Crippen LogP contribution is 2.21. The molecule has 0 saturated heterocycles. The fourth-order valence-electron chi connectivity index (χ4n) is 1.55. The Hall–Kier alpha value is -2.59. The average Bonchev–Trinajstić information content (AvgIpc) is 2.42. The molecule has 2 rings (SSSR count). The van der Waals surface area contributed by atoms with Gasteiger partial charge in [0, 0.05) is 0 Å². The van der Waals surface area contributed by atoms with Gasteiger partial charge in [0.05, 0.1) is 21.8 Å². The fraction of sp³-hybridized carbons (Fsp3) is 0. The van der Waals surface area contributed by atoms with Crippen LogP contribution < -0.4 is 10.5 Å². The maximum absolute atomic E-state index is 13.3. The van der Waals surface area contributed by atoms with E-state index in [0.717, 1.165) is 6.07 Å². The van der Waals surface area contributed by atoms with E-state index < -0.39 is 15.8 Å². The summed E-state index contributed by atoms with van der Waals surface area (Å²) in [6.45, 7) is 0. The molecule has 2 aromatic carbocycles. The van der Waals surface area contributed by atoms with Crippen LogP contribution in [0.1, 0.15) is 5.56 Å². The Morgan fingerprint density at radius 2 is 1.90 bits per heavy atom. The van der Waals surface area contributed by atoms with Gasteiger partial charge in [-0.1, -0.05) is 12.1 Å². The van der Waals surface area contributed by atoms with Crippen molar-refractivity contribution in [3.63, 3.8) is 0 Å². The van der Waals surface area contributed by atoms with Crippen molar-refractivity contribution in [2.24, 2.45) is 0 Å². The summed E-state index contributed by atoms with van der Waals surface area (Å²) >= 11 is 0. The molecule has 3 N–H and O–H groups in total. The van der Waals surface area contributed by atoms with Gasteiger partial charge in [0.15, 0.2) is 0 Å². The first-order valence-electron chi connectivity index (χ1n) is 5.51. The van der Waals surface area contributed by atoms with E-state index in [1.807, 2.05) is 6.07 Å². The maximum Gasteiger partial charge on any atom is 0.262 e. The molecule has 0 heterocycles. The third kappa shape index (κ3) is 2.70. The molecule has 0 saturated carbocycles. The monoisotopic (exact) mass is 291 g/mol. The average molecular weight is 291 g/mol. The number of nitriles is 1. The molecule has 0 aliphatic rings. The van der Waals surface area contributed by atoms with Gasteiger partial charge in [-0.05, 0) is 30.3 Å². The molecule has 7 heteroatoms. The van der Waals surface area contributed by atoms with Gasteiger partial charge in [0.25, 0.3) is 10.0 Å². The lowest BCUT2D eigenvalue weighted by atomic mass is 10.2. The molecule has 0 unspecified atom stereocenters. The van der Waals surface area contributed by atoms with Gasteiger partial charge in [0.1, 0.15) is 11.9 Å². The first-order chi connectivity index (χ1) is 9.44. The Labute approximate surface area is 115 Å². The number of sulfonamides is 1. The van der Waals surface area contributed by atoms with E-state index in [1.54, 1.807) is 12.1 Å². The molecule has 0 aliphatic carbocycles. The number of hydrogen-bond acceptors (Lipinski definition) is 4. The Morgan fingerprint density at radius 1 is 1.20 bits per heavy atom. The SMILES string of the molecule is N#Cc1ccccc1NS(=O)(=O)c1ccc(N)c(F)c1. The Balaban J connectivity index is 2.41. The highest BCUT2D eigenvalue weighted by Gasteiger charge is 2.17. The number of nitrogens with zero attached hydrogens (tertiary/aromatic N) is 1. The zero-order valence-corrected chi connectivity index (χ0v) is 11.0. The Kier molecular flexibility index (Phi) is 3.59. The molecule has 0 fully saturated rings. The molecular formula is C13H10FN3O2S. The minimum Gasteiger partial charge on any atom is -0.396 e. The van der Waals surface area contributed by atoms with Crippen LogP contribution in [-0.2, 0) is 10.0 Å². The molecule has 5 nitrogen and oxygen atoms in total. The van der Waals surface area contributed by atoms with Gasteiger partial charge in [-0.25, -0.2) is 12.8 Å². The molecular weight excluding hydrogens is 281 g/mol. The number of para-hydroxylation sites is 1. The summed E-state index contributed by atoms with van der Waals surface area (Å²) in [6.07, 6.45) is 0. The van der Waals surface area contributed by atoms with Crippen LogP contribution in [0.15, 0.2) is 47.4 Å². The second-order valence-electron chi connectivity index (χ2n) is 3.95. The number of halogens is 1. The van der Waals surface area contributed by atoms with Gasteiger partial charge < -0.3 is 5.73 Å². The van der Waals surface area contributed by atoms with Crippen LogP contribution in [0.4, 0.5) is 15.8 Å². The third-order valence-corrected chi connectivity index (χ3v) is 3.94. The number of nitrogens with one attached hydrogen (secondary N) is 1. The molecule has 0 spiro atoms. The highest BCUT2D eigenvalue weighted by molar-refractivity contribution is 7.92. The minimum absolute atomic E-state index is 0.132. The van der Waals surface area contributed by atoms with Gasteiger partial charge in [-0.2, -0.15) is 5.26 Å². The van der Waals surface area contributed by atoms with Crippen LogP contribution in [0.2, 0.25) is 0 Å². The van der Waals surface area contributed by atoms with Gasteiger partial charge in [-0.15, -0.1) is 0 Å². The van der Waals surface area contributed by atoms with E-state index in [2.05, 4.69) is 4.72 Å². The van der Waals surface area contributed by atoms with E-state index in [1.165, 1.54) is 24.3 Å². The molecule has 102 valence electrons. The van der Waals surface area contributed by atoms with Crippen molar-refractivity contribution < 1.29 is 12.8 Å². The van der Waals surface area contributed by atoms with Crippen LogP contribution in [0.3, 0.4) is 0 Å². The van der Waals surface area contributed by atoms with Crippen LogP contribution in [-0.4, -0.2) is 8.42 Å². The first kappa shape index (κ1) is 13.8. The summed E-state index contributed by atoms with van der Waals surface area (Å²) in [4.78, 5) is -0.267. The molecule has 2 aromatic rings. The van der Waals surface area contributed by atoms with E-state index in [4.69, 9.17) is 11.0 Å². The van der Waals surface area contributed by atoms with Crippen molar-refractivity contribution in [2.75, 3.05) is 10.5 Å². The zero-order valence-electron chi connectivity index (χ0n) is 10.2. The zero-order chi connectivity index (χ0) is 14.8. The number of rotatable bonds is 3. The molecule has 0 aromatic heterocycles. The smallest absolute Gasteiger partial charge is 0.262 e. The summed E-state index contributed by atoms with van der Waals surface area (Å²) in [5.41, 5.74) is 5.46. The van der Waals surface area contributed by atoms with E-state index in [-0.39, 0.29) is 21.8 Å². The van der Waals surface area contributed by atoms with Crippen molar-refractivity contribution >= 4 is 21.4 Å². The largest absolute Gasteiger partial charge is 0.396 e. The third-order valence-electron chi connectivity index (χ3n) is 2.57. The van der Waals surface area contributed by atoms with Crippen molar-refractivity contribution in [2.45, 2.75) is 4.90 Å². The molecule has 20 heavy (non-hydrogen) atoms. The molecule has 0 aliphatic heterocycles. The minimum atomic E-state index is -3.98. The van der Waals surface area contributed by atoms with Crippen LogP contribution in [0, 0.1) is 17.1 Å². The summed E-state index contributed by atoms with van der Waals surface area (Å²) in [7, 11) is -3.98. The maximum atomic E-state index is 13.3. The standard InChI is InChI=1S/C13H10FN3O2S/c14-11-7-10(5-6-12(11)16)20(18,19)17-13-4-2-1-3-9(13)8-15/h1-7,17H,16H2. The number of anilines is 2. The summed E-state index contributed by atoms with van der Waals surface area (Å²) in [6, 6.07) is 11.2. The summed E-state index contributed by atoms with van der Waals surface area (Å²) in [5, 5.41) is 8.90. The number of benzene rings is 2. The van der Waals surface area contributed by atoms with Crippen LogP contribution in [0.25, 0.3) is 0 Å². The molecule has 0 bridgehead atoms. The van der Waals surface area contributed by atoms with Gasteiger partial charge in [0.2, 0.25) is 0 Å². The lowest BCUT2D eigenvalue weighted by Crippen LogP contribution is -2.14. The lowest BCUT2D eigenvalue weighted by molar-refractivity contribution is 0.596. The second kappa shape index (κ2) is 5.19. The van der Waals surface area contributed by atoms with Gasteiger partial charge >= 0.3 is 0 Å². The van der Waals surface area contributed by atoms with Crippen molar-refractivity contribution in [1.82, 2.24) is 0 Å². The molecule has 0 atom stereocenters. The van der Waals surface area contributed by atoms with E-state index in [9.17, 15) is 12.8 Å². The quantitative estimate of drug-likeness (QED) is 0.846. The predicted molar refractivity (Wildman–Crippen MR) is 72.8 cm³/mol. The number of hydrogen-bond donors (Lipinski definition) is 2. The number of nitrogens with two attached hydrogens (primary N) is 1. The highest BCUT2D eigenvalue weighted by atomic mass is 32.2. The predicted octanol–water partition coefficient (Wildman–Crippen LogP) is 2.08. The second-order valence-corrected chi connectivity index (χ2v) is 5.63. The number of nitrogen functional groups attached to an aromatic ring is 1. The summed E-state index contributed by atoms with van der Waals surface area (Å²) < 4.78 is 39.8. The van der Waals surface area contributed by atoms with E-state index in [0.29, 0.717) is 0 Å². The molecule has 0 amide bonds. The van der Waals surface area contributed by atoms with Crippen molar-refractivity contribution in [3.8, 4) is 6.07 Å². The summed E-state index contributed by atoms with van der Waals surface area (Å²) in [5.74, 6) is -0.818. The van der Waals surface area contributed by atoms with Gasteiger partial charge in [-0.3, -0.25) is 4.72 Å². The van der Waals surface area contributed by atoms with Crippen LogP contribution in [0.5, 0.6) is 0 Å². The lowest BCUT2D eigenvalue weighted by Gasteiger charge is -2.09. The van der Waals surface area contributed by atoms with Crippen molar-refractivity contribution in [3.05, 3.63) is 53.8 Å². The van der Waals surface area contributed by atoms with Crippen LogP contribution >= 0.6 is 0 Å². The van der Waals surface area contributed by atoms with Crippen molar-refractivity contribution in [1.29, 1.82) is 5.26 Å². The topological polar surface area (TPSA) is 96.0 Å². The van der Waals surface area contributed by atoms with E-state index >= 15 is 0 Å². The Morgan fingerprint density at radius 3 is 2.55 bits per heavy atom. The normalized spacial score (nSPS) is 10.8. The fourth-order valence-corrected chi connectivity index (χ4v) is 2.64. The Bertz CT molecular complexity index is 798.